The summed E-state index contributed by atoms with van der Waals surface area (Å²) in [5, 5.41) is 10.5. The molecule has 2 aromatic heterocycles. The zero-order valence-electron chi connectivity index (χ0n) is 8.41. The van der Waals surface area contributed by atoms with Crippen molar-refractivity contribution in [2.24, 2.45) is 0 Å². The first-order valence-corrected chi connectivity index (χ1v) is 5.60. The van der Waals surface area contributed by atoms with Crippen LogP contribution in [0.2, 0.25) is 0 Å². The van der Waals surface area contributed by atoms with E-state index in [1.54, 1.807) is 23.6 Å². The fourth-order valence-corrected chi connectivity index (χ4v) is 2.09. The Morgan fingerprint density at radius 3 is 3.19 bits per heavy atom. The number of carboxylic acids is 1. The van der Waals surface area contributed by atoms with Crippen molar-refractivity contribution in [1.29, 1.82) is 0 Å². The first kappa shape index (κ1) is 10.6. The molecule has 0 saturated heterocycles. The van der Waals surface area contributed by atoms with Crippen LogP contribution in [0.15, 0.2) is 42.1 Å². The third kappa shape index (κ3) is 2.38. The van der Waals surface area contributed by atoms with E-state index >= 15 is 0 Å². The van der Waals surface area contributed by atoms with Crippen LogP contribution in [0.5, 0.6) is 0 Å². The van der Waals surface area contributed by atoms with E-state index < -0.39 is 5.97 Å². The number of aliphatic carboxylic acids is 1. The predicted molar refractivity (Wildman–Crippen MR) is 62.3 cm³/mol. The van der Waals surface area contributed by atoms with Crippen molar-refractivity contribution >= 4 is 17.3 Å². The molecule has 0 fully saturated rings. The average Bonchev–Trinajstić information content (AvgIpc) is 2.84. The van der Waals surface area contributed by atoms with Crippen molar-refractivity contribution in [3.05, 3.63) is 42.1 Å². The maximum absolute atomic E-state index is 10.3. The Balaban J connectivity index is 2.17. The Hall–Kier alpha value is -1.88. The summed E-state index contributed by atoms with van der Waals surface area (Å²) in [5.74, 6) is -0.0668. The molecular formula is C11H10N2O2S. The minimum absolute atomic E-state index is 0.513. The molecule has 0 amide bonds. The number of nitrogens with zero attached hydrogens (tertiary/aromatic N) is 2. The van der Waals surface area contributed by atoms with E-state index in [1.165, 1.54) is 0 Å². The van der Waals surface area contributed by atoms with E-state index in [9.17, 15) is 4.79 Å². The van der Waals surface area contributed by atoms with E-state index in [2.05, 4.69) is 4.98 Å². The van der Waals surface area contributed by atoms with Crippen LogP contribution < -0.4 is 0 Å². The number of aromatic nitrogens is 2. The Morgan fingerprint density at radius 2 is 2.50 bits per heavy atom. The zero-order valence-corrected chi connectivity index (χ0v) is 9.22. The number of imidazole rings is 1. The highest BCUT2D eigenvalue weighted by atomic mass is 32.1. The molecule has 0 atom stereocenters. The molecule has 0 bridgehead atoms. The molecule has 82 valence electrons. The standard InChI is InChI=1S/C11H10N2O2S/c14-10(15)4-1-6-13-7-5-12-11(13)9-3-2-8-16-9/h1-5,7-8H,6H2,(H,14,15). The van der Waals surface area contributed by atoms with Crippen LogP contribution in [0.25, 0.3) is 10.7 Å². The number of hydrogen-bond acceptors (Lipinski definition) is 3. The number of carbonyl (C=O) groups is 1. The van der Waals surface area contributed by atoms with Crippen LogP contribution in [0.4, 0.5) is 0 Å². The van der Waals surface area contributed by atoms with E-state index in [0.717, 1.165) is 16.8 Å². The van der Waals surface area contributed by atoms with Gasteiger partial charge in [0.25, 0.3) is 0 Å². The number of thiophene rings is 1. The number of rotatable bonds is 4. The molecule has 0 spiro atoms. The van der Waals surface area contributed by atoms with Gasteiger partial charge in [-0.3, -0.25) is 0 Å². The fraction of sp³-hybridized carbons (Fsp3) is 0.0909. The number of hydrogen-bond donors (Lipinski definition) is 1. The Labute approximate surface area is 96.5 Å². The Bertz CT molecular complexity index is 500. The van der Waals surface area contributed by atoms with Gasteiger partial charge in [-0.15, -0.1) is 11.3 Å². The summed E-state index contributed by atoms with van der Waals surface area (Å²) < 4.78 is 1.91. The molecule has 0 saturated carbocycles. The van der Waals surface area contributed by atoms with Gasteiger partial charge in [0.1, 0.15) is 5.82 Å². The van der Waals surface area contributed by atoms with Gasteiger partial charge in [-0.25, -0.2) is 9.78 Å². The highest BCUT2D eigenvalue weighted by molar-refractivity contribution is 7.13. The van der Waals surface area contributed by atoms with Crippen molar-refractivity contribution in [3.8, 4) is 10.7 Å². The smallest absolute Gasteiger partial charge is 0.328 e. The molecule has 16 heavy (non-hydrogen) atoms. The van der Waals surface area contributed by atoms with Gasteiger partial charge in [0.05, 0.1) is 4.88 Å². The summed E-state index contributed by atoms with van der Waals surface area (Å²) in [7, 11) is 0. The second-order valence-corrected chi connectivity index (χ2v) is 4.07. The molecule has 0 aliphatic heterocycles. The maximum atomic E-state index is 10.3. The second kappa shape index (κ2) is 4.76. The van der Waals surface area contributed by atoms with Crippen LogP contribution in [0.3, 0.4) is 0 Å². The normalized spacial score (nSPS) is 11.0. The van der Waals surface area contributed by atoms with E-state index in [-0.39, 0.29) is 0 Å². The maximum Gasteiger partial charge on any atom is 0.328 e. The van der Waals surface area contributed by atoms with Crippen LogP contribution in [0, 0.1) is 0 Å². The number of allylic oxidation sites excluding steroid dienone is 1. The molecule has 0 aliphatic rings. The van der Waals surface area contributed by atoms with Gasteiger partial charge >= 0.3 is 5.97 Å². The van der Waals surface area contributed by atoms with Crippen molar-refractivity contribution < 1.29 is 9.90 Å². The van der Waals surface area contributed by atoms with Gasteiger partial charge in [0.15, 0.2) is 0 Å². The summed E-state index contributed by atoms with van der Waals surface area (Å²) in [6.07, 6.45) is 6.28. The van der Waals surface area contributed by atoms with Crippen LogP contribution in [-0.2, 0) is 11.3 Å². The average molecular weight is 234 g/mol. The Morgan fingerprint density at radius 1 is 1.62 bits per heavy atom. The lowest BCUT2D eigenvalue weighted by molar-refractivity contribution is -0.131. The SMILES string of the molecule is O=C(O)C=CCn1ccnc1-c1cccs1. The summed E-state index contributed by atoms with van der Waals surface area (Å²) in [6.45, 7) is 0.513. The quantitative estimate of drug-likeness (QED) is 0.825. The van der Waals surface area contributed by atoms with Gasteiger partial charge in [-0.05, 0) is 11.4 Å². The Kier molecular flexibility index (Phi) is 3.16. The van der Waals surface area contributed by atoms with E-state index in [1.807, 2.05) is 28.3 Å². The molecule has 0 aliphatic carbocycles. The van der Waals surface area contributed by atoms with Gasteiger partial charge in [-0.2, -0.15) is 0 Å². The monoisotopic (exact) mass is 234 g/mol. The first-order chi connectivity index (χ1) is 7.77. The summed E-state index contributed by atoms with van der Waals surface area (Å²) in [5.41, 5.74) is 0. The molecule has 2 heterocycles. The highest BCUT2D eigenvalue weighted by Crippen LogP contribution is 2.22. The first-order valence-electron chi connectivity index (χ1n) is 4.72. The van der Waals surface area contributed by atoms with Crippen molar-refractivity contribution in [1.82, 2.24) is 9.55 Å². The third-order valence-corrected chi connectivity index (χ3v) is 2.89. The topological polar surface area (TPSA) is 55.1 Å². The molecule has 5 heteroatoms. The predicted octanol–water partition coefficient (Wildman–Crippen LogP) is 2.25. The molecule has 4 nitrogen and oxygen atoms in total. The highest BCUT2D eigenvalue weighted by Gasteiger charge is 2.04. The van der Waals surface area contributed by atoms with Crippen LogP contribution in [-0.4, -0.2) is 20.6 Å². The summed E-state index contributed by atoms with van der Waals surface area (Å²) in [4.78, 5) is 15.7. The fourth-order valence-electron chi connectivity index (χ4n) is 1.35. The van der Waals surface area contributed by atoms with Crippen molar-refractivity contribution in [3.63, 3.8) is 0 Å². The second-order valence-electron chi connectivity index (χ2n) is 3.12. The molecule has 2 rings (SSSR count). The lowest BCUT2D eigenvalue weighted by atomic mass is 10.4. The van der Waals surface area contributed by atoms with Crippen molar-refractivity contribution in [2.45, 2.75) is 6.54 Å². The minimum atomic E-state index is -0.933. The minimum Gasteiger partial charge on any atom is -0.478 e. The van der Waals surface area contributed by atoms with Crippen LogP contribution in [0.1, 0.15) is 0 Å². The third-order valence-electron chi connectivity index (χ3n) is 2.02. The largest absolute Gasteiger partial charge is 0.478 e. The summed E-state index contributed by atoms with van der Waals surface area (Å²) in [6, 6.07) is 3.95. The van der Waals surface area contributed by atoms with Gasteiger partial charge in [0.2, 0.25) is 0 Å². The van der Waals surface area contributed by atoms with E-state index in [0.29, 0.717) is 6.54 Å². The molecular weight excluding hydrogens is 224 g/mol. The number of carboxylic acid groups (broad SMARTS) is 1. The zero-order chi connectivity index (χ0) is 11.4. The molecule has 0 aromatic carbocycles. The van der Waals surface area contributed by atoms with E-state index in [4.69, 9.17) is 5.11 Å². The molecule has 0 unspecified atom stereocenters. The van der Waals surface area contributed by atoms with Crippen molar-refractivity contribution in [2.75, 3.05) is 0 Å². The molecule has 2 aromatic rings. The van der Waals surface area contributed by atoms with Gasteiger partial charge < -0.3 is 9.67 Å². The summed E-state index contributed by atoms with van der Waals surface area (Å²) >= 11 is 1.61. The molecule has 0 radical (unpaired) electrons. The lowest BCUT2D eigenvalue weighted by Gasteiger charge is -2.01. The van der Waals surface area contributed by atoms with Gasteiger partial charge in [-0.1, -0.05) is 12.1 Å². The van der Waals surface area contributed by atoms with Crippen LogP contribution >= 0.6 is 11.3 Å². The lowest BCUT2D eigenvalue weighted by Crippen LogP contribution is -1.97. The van der Waals surface area contributed by atoms with Gasteiger partial charge in [0, 0.05) is 25.0 Å². The molecule has 1 N–H and O–H groups in total.